The van der Waals surface area contributed by atoms with Crippen molar-refractivity contribution in [2.24, 2.45) is 0 Å². The van der Waals surface area contributed by atoms with Crippen LogP contribution >= 0.6 is 0 Å². The van der Waals surface area contributed by atoms with Crippen molar-refractivity contribution >= 4 is 17.4 Å². The van der Waals surface area contributed by atoms with E-state index in [1.807, 2.05) is 0 Å². The largest absolute Gasteiger partial charge is 0.324 e. The number of nitrogens with zero attached hydrogens (tertiary/aromatic N) is 2. The molecule has 1 N–H and O–H groups in total. The van der Waals surface area contributed by atoms with E-state index in [0.29, 0.717) is 23.6 Å². The van der Waals surface area contributed by atoms with E-state index in [-0.39, 0.29) is 11.6 Å². The van der Waals surface area contributed by atoms with E-state index >= 15 is 0 Å². The van der Waals surface area contributed by atoms with E-state index in [2.05, 4.69) is 15.3 Å². The third-order valence-corrected chi connectivity index (χ3v) is 3.34. The quantitative estimate of drug-likeness (QED) is 0.852. The molecule has 2 aromatic rings. The Hall–Kier alpha value is -2.30. The molecule has 0 saturated carbocycles. The number of nitrogens with one attached hydrogen (secondary N) is 1. The molecule has 0 amide bonds. The third kappa shape index (κ3) is 2.66. The van der Waals surface area contributed by atoms with Crippen LogP contribution in [0.1, 0.15) is 35.3 Å². The fourth-order valence-electron chi connectivity index (χ4n) is 2.28. The molecule has 3 rings (SSSR count). The highest BCUT2D eigenvalue weighted by molar-refractivity contribution is 5.97. The number of hydrogen-bond donors (Lipinski definition) is 1. The van der Waals surface area contributed by atoms with Crippen LogP contribution in [0.3, 0.4) is 0 Å². The molecular weight excluding hydrogens is 257 g/mol. The van der Waals surface area contributed by atoms with Gasteiger partial charge in [-0.3, -0.25) is 4.79 Å². The predicted octanol–water partition coefficient (Wildman–Crippen LogP) is 3.27. The summed E-state index contributed by atoms with van der Waals surface area (Å²) < 4.78 is 12.8. The first-order valence-corrected chi connectivity index (χ1v) is 6.64. The van der Waals surface area contributed by atoms with Gasteiger partial charge in [0.15, 0.2) is 5.78 Å². The number of aromatic nitrogens is 2. The Morgan fingerprint density at radius 3 is 2.65 bits per heavy atom. The molecule has 0 radical (unpaired) electrons. The number of fused-ring (bicyclic) bond motifs is 1. The minimum atomic E-state index is -0.288. The van der Waals surface area contributed by atoms with Crippen LogP contribution in [-0.2, 0) is 6.42 Å². The summed E-state index contributed by atoms with van der Waals surface area (Å²) in [4.78, 5) is 20.4. The number of aryl methyl sites for hydroxylation is 1. The molecule has 20 heavy (non-hydrogen) atoms. The van der Waals surface area contributed by atoms with Crippen molar-refractivity contribution in [3.8, 4) is 0 Å². The average molecular weight is 271 g/mol. The zero-order chi connectivity index (χ0) is 13.9. The lowest BCUT2D eigenvalue weighted by molar-refractivity contribution is 0.0981. The topological polar surface area (TPSA) is 54.9 Å². The number of halogens is 1. The highest BCUT2D eigenvalue weighted by Crippen LogP contribution is 2.21. The first kappa shape index (κ1) is 12.7. The molecule has 1 heterocycles. The SMILES string of the molecule is O=C1CCCCc2nc(Nc3ccc(F)cc3)ncc21. The molecule has 0 unspecified atom stereocenters. The molecule has 1 aromatic heterocycles. The second-order valence-electron chi connectivity index (χ2n) is 4.82. The Kier molecular flexibility index (Phi) is 3.41. The van der Waals surface area contributed by atoms with Crippen LogP contribution in [0, 0.1) is 5.82 Å². The van der Waals surface area contributed by atoms with Crippen molar-refractivity contribution < 1.29 is 9.18 Å². The van der Waals surface area contributed by atoms with Gasteiger partial charge in [0, 0.05) is 18.3 Å². The van der Waals surface area contributed by atoms with Gasteiger partial charge >= 0.3 is 0 Å². The zero-order valence-electron chi connectivity index (χ0n) is 10.9. The van der Waals surface area contributed by atoms with Crippen LogP contribution in [0.2, 0.25) is 0 Å². The standard InChI is InChI=1S/C15H14FN3O/c16-10-5-7-11(8-6-10)18-15-17-9-12-13(19-15)3-1-2-4-14(12)20/h5-9H,1-4H2,(H,17,18,19). The normalized spacial score (nSPS) is 14.6. The number of anilines is 2. The van der Waals surface area contributed by atoms with Crippen molar-refractivity contribution in [1.82, 2.24) is 9.97 Å². The molecule has 1 aromatic carbocycles. The van der Waals surface area contributed by atoms with Gasteiger partial charge in [-0.15, -0.1) is 0 Å². The molecule has 0 saturated heterocycles. The maximum absolute atomic E-state index is 12.8. The van der Waals surface area contributed by atoms with E-state index in [4.69, 9.17) is 0 Å². The fourth-order valence-corrected chi connectivity index (χ4v) is 2.28. The molecule has 5 heteroatoms. The highest BCUT2D eigenvalue weighted by Gasteiger charge is 2.17. The molecular formula is C15H14FN3O. The number of carbonyl (C=O) groups excluding carboxylic acids is 1. The second kappa shape index (κ2) is 5.36. The van der Waals surface area contributed by atoms with E-state index < -0.39 is 0 Å². The summed E-state index contributed by atoms with van der Waals surface area (Å²) >= 11 is 0. The van der Waals surface area contributed by atoms with Crippen LogP contribution in [0.5, 0.6) is 0 Å². The Morgan fingerprint density at radius 1 is 1.10 bits per heavy atom. The Balaban J connectivity index is 1.86. The zero-order valence-corrected chi connectivity index (χ0v) is 10.9. The van der Waals surface area contributed by atoms with Gasteiger partial charge < -0.3 is 5.32 Å². The first-order chi connectivity index (χ1) is 9.72. The number of rotatable bonds is 2. The lowest BCUT2D eigenvalue weighted by atomic mass is 10.1. The number of hydrogen-bond acceptors (Lipinski definition) is 4. The van der Waals surface area contributed by atoms with Crippen molar-refractivity contribution in [2.75, 3.05) is 5.32 Å². The van der Waals surface area contributed by atoms with Gasteiger partial charge in [0.25, 0.3) is 0 Å². The van der Waals surface area contributed by atoms with Crippen molar-refractivity contribution in [2.45, 2.75) is 25.7 Å². The molecule has 1 aliphatic rings. The van der Waals surface area contributed by atoms with Crippen molar-refractivity contribution in [1.29, 1.82) is 0 Å². The van der Waals surface area contributed by atoms with E-state index in [0.717, 1.165) is 25.0 Å². The van der Waals surface area contributed by atoms with Gasteiger partial charge in [0.1, 0.15) is 5.82 Å². The summed E-state index contributed by atoms with van der Waals surface area (Å²) in [7, 11) is 0. The van der Waals surface area contributed by atoms with Crippen molar-refractivity contribution in [3.05, 3.63) is 47.5 Å². The minimum absolute atomic E-state index is 0.117. The van der Waals surface area contributed by atoms with Crippen molar-refractivity contribution in [3.63, 3.8) is 0 Å². The second-order valence-corrected chi connectivity index (χ2v) is 4.82. The number of Topliss-reactive ketones (excluding diaryl/α,β-unsaturated/α-hetero) is 1. The van der Waals surface area contributed by atoms with Gasteiger partial charge in [0.05, 0.1) is 11.3 Å². The fraction of sp³-hybridized carbons (Fsp3) is 0.267. The highest BCUT2D eigenvalue weighted by atomic mass is 19.1. The van der Waals surface area contributed by atoms with Crippen LogP contribution in [0.25, 0.3) is 0 Å². The van der Waals surface area contributed by atoms with Gasteiger partial charge in [0.2, 0.25) is 5.95 Å². The van der Waals surface area contributed by atoms with Gasteiger partial charge in [-0.25, -0.2) is 14.4 Å². The Bertz CT molecular complexity index is 640. The molecule has 1 aliphatic carbocycles. The number of carbonyl (C=O) groups is 1. The van der Waals surface area contributed by atoms with Gasteiger partial charge in [-0.2, -0.15) is 0 Å². The summed E-state index contributed by atoms with van der Waals surface area (Å²) in [5.74, 6) is 0.264. The molecule has 0 aliphatic heterocycles. The van der Waals surface area contributed by atoms with E-state index in [1.54, 1.807) is 18.3 Å². The summed E-state index contributed by atoms with van der Waals surface area (Å²) in [6, 6.07) is 5.98. The monoisotopic (exact) mass is 271 g/mol. The predicted molar refractivity (Wildman–Crippen MR) is 73.6 cm³/mol. The maximum atomic E-state index is 12.8. The summed E-state index contributed by atoms with van der Waals surface area (Å²) in [6.45, 7) is 0. The number of ketones is 1. The molecule has 4 nitrogen and oxygen atoms in total. The summed E-state index contributed by atoms with van der Waals surface area (Å²) in [6.07, 6.45) is 4.81. The van der Waals surface area contributed by atoms with Crippen LogP contribution < -0.4 is 5.32 Å². The van der Waals surface area contributed by atoms with Crippen LogP contribution in [0.15, 0.2) is 30.5 Å². The van der Waals surface area contributed by atoms with E-state index in [9.17, 15) is 9.18 Å². The Labute approximate surface area is 116 Å². The van der Waals surface area contributed by atoms with E-state index in [1.165, 1.54) is 12.1 Å². The minimum Gasteiger partial charge on any atom is -0.324 e. The van der Waals surface area contributed by atoms with Gasteiger partial charge in [-0.1, -0.05) is 0 Å². The van der Waals surface area contributed by atoms with Gasteiger partial charge in [-0.05, 0) is 43.5 Å². The van der Waals surface area contributed by atoms with Crippen LogP contribution in [0.4, 0.5) is 16.0 Å². The maximum Gasteiger partial charge on any atom is 0.227 e. The Morgan fingerprint density at radius 2 is 1.85 bits per heavy atom. The lowest BCUT2D eigenvalue weighted by Crippen LogP contribution is -2.06. The molecule has 0 atom stereocenters. The smallest absolute Gasteiger partial charge is 0.227 e. The summed E-state index contributed by atoms with van der Waals surface area (Å²) in [5.41, 5.74) is 2.14. The molecule has 0 bridgehead atoms. The number of benzene rings is 1. The molecule has 102 valence electrons. The molecule has 0 fully saturated rings. The lowest BCUT2D eigenvalue weighted by Gasteiger charge is -2.08. The third-order valence-electron chi connectivity index (χ3n) is 3.34. The molecule has 0 spiro atoms. The average Bonchev–Trinajstić information content (AvgIpc) is 2.63. The van der Waals surface area contributed by atoms with Crippen LogP contribution in [-0.4, -0.2) is 15.8 Å². The first-order valence-electron chi connectivity index (χ1n) is 6.64. The summed E-state index contributed by atoms with van der Waals surface area (Å²) in [5, 5.41) is 3.02.